The highest BCUT2D eigenvalue weighted by Crippen LogP contribution is 2.13. The Bertz CT molecular complexity index is 137. The monoisotopic (exact) mass is 186 g/mol. The Morgan fingerprint density at radius 1 is 1.23 bits per heavy atom. The number of hydrogen-bond acceptors (Lipinski definition) is 2. The zero-order valence-electron chi connectivity index (χ0n) is 8.59. The van der Waals surface area contributed by atoms with Crippen LogP contribution in [0.3, 0.4) is 0 Å². The molecule has 0 saturated carbocycles. The molecule has 0 aromatic rings. The number of hydrogen-bond donors (Lipinski definition) is 2. The fourth-order valence-corrected chi connectivity index (χ4v) is 1.45. The average molecular weight is 186 g/mol. The van der Waals surface area contributed by atoms with E-state index in [0.29, 0.717) is 6.54 Å². The van der Waals surface area contributed by atoms with Crippen LogP contribution in [0, 0.1) is 5.92 Å². The molecule has 0 rings (SSSR count). The standard InChI is InChI=1S/C10H22N2O/c1-2-3-4-5-6-9(7-8-11)10(12)13/h9H,2-8,11H2,1H3,(H2,12,13). The summed E-state index contributed by atoms with van der Waals surface area (Å²) in [6, 6.07) is 0. The fourth-order valence-electron chi connectivity index (χ4n) is 1.45. The van der Waals surface area contributed by atoms with Crippen LogP contribution in [-0.2, 0) is 4.79 Å². The van der Waals surface area contributed by atoms with Gasteiger partial charge >= 0.3 is 0 Å². The minimum absolute atomic E-state index is 0.00172. The van der Waals surface area contributed by atoms with Gasteiger partial charge in [0.25, 0.3) is 0 Å². The Kier molecular flexibility index (Phi) is 7.69. The van der Waals surface area contributed by atoms with Crippen LogP contribution in [0.2, 0.25) is 0 Å². The maximum absolute atomic E-state index is 10.9. The van der Waals surface area contributed by atoms with Gasteiger partial charge in [0, 0.05) is 5.92 Å². The summed E-state index contributed by atoms with van der Waals surface area (Å²) in [5.41, 5.74) is 10.6. The summed E-state index contributed by atoms with van der Waals surface area (Å²) in [7, 11) is 0. The summed E-state index contributed by atoms with van der Waals surface area (Å²) in [5, 5.41) is 0. The second-order valence-electron chi connectivity index (χ2n) is 3.53. The third-order valence-corrected chi connectivity index (χ3v) is 2.32. The van der Waals surface area contributed by atoms with E-state index >= 15 is 0 Å². The highest BCUT2D eigenvalue weighted by molar-refractivity contribution is 5.76. The van der Waals surface area contributed by atoms with E-state index < -0.39 is 0 Å². The van der Waals surface area contributed by atoms with Crippen molar-refractivity contribution in [3.63, 3.8) is 0 Å². The molecule has 0 aromatic carbocycles. The number of unbranched alkanes of at least 4 members (excludes halogenated alkanes) is 3. The Balaban J connectivity index is 3.51. The van der Waals surface area contributed by atoms with Crippen molar-refractivity contribution in [2.45, 2.75) is 45.4 Å². The maximum Gasteiger partial charge on any atom is 0.220 e. The first kappa shape index (κ1) is 12.4. The summed E-state index contributed by atoms with van der Waals surface area (Å²) >= 11 is 0. The molecule has 1 unspecified atom stereocenters. The lowest BCUT2D eigenvalue weighted by atomic mass is 9.97. The molecule has 0 radical (unpaired) electrons. The summed E-state index contributed by atoms with van der Waals surface area (Å²) in [6.07, 6.45) is 6.41. The summed E-state index contributed by atoms with van der Waals surface area (Å²) in [6.45, 7) is 2.73. The van der Waals surface area contributed by atoms with Crippen LogP contribution in [0.15, 0.2) is 0 Å². The second-order valence-corrected chi connectivity index (χ2v) is 3.53. The third-order valence-electron chi connectivity index (χ3n) is 2.32. The Labute approximate surface area is 80.9 Å². The second kappa shape index (κ2) is 8.05. The predicted octanol–water partition coefficient (Wildman–Crippen LogP) is 1.41. The molecule has 0 aromatic heterocycles. The first-order valence-electron chi connectivity index (χ1n) is 5.21. The van der Waals surface area contributed by atoms with E-state index in [-0.39, 0.29) is 11.8 Å². The molecule has 0 aliphatic heterocycles. The molecule has 3 heteroatoms. The SMILES string of the molecule is CCCCCCC(CCN)C(N)=O. The Hall–Kier alpha value is -0.570. The minimum atomic E-state index is -0.193. The van der Waals surface area contributed by atoms with Crippen LogP contribution in [0.25, 0.3) is 0 Å². The number of carbonyl (C=O) groups excluding carboxylic acids is 1. The first-order chi connectivity index (χ1) is 6.22. The largest absolute Gasteiger partial charge is 0.369 e. The van der Waals surface area contributed by atoms with Crippen LogP contribution in [-0.4, -0.2) is 12.5 Å². The van der Waals surface area contributed by atoms with E-state index in [1.54, 1.807) is 0 Å². The number of rotatable bonds is 8. The maximum atomic E-state index is 10.9. The van der Waals surface area contributed by atoms with Gasteiger partial charge in [-0.3, -0.25) is 4.79 Å². The number of primary amides is 1. The molecule has 0 aliphatic rings. The average Bonchev–Trinajstić information content (AvgIpc) is 2.10. The highest BCUT2D eigenvalue weighted by atomic mass is 16.1. The minimum Gasteiger partial charge on any atom is -0.369 e. The van der Waals surface area contributed by atoms with Crippen molar-refractivity contribution in [3.05, 3.63) is 0 Å². The molecule has 0 aliphatic carbocycles. The molecule has 13 heavy (non-hydrogen) atoms. The molecule has 1 amide bonds. The molecule has 3 nitrogen and oxygen atoms in total. The van der Waals surface area contributed by atoms with E-state index in [1.807, 2.05) is 0 Å². The molecule has 4 N–H and O–H groups in total. The number of carbonyl (C=O) groups is 1. The predicted molar refractivity (Wildman–Crippen MR) is 55.1 cm³/mol. The van der Waals surface area contributed by atoms with Gasteiger partial charge in [0.05, 0.1) is 0 Å². The van der Waals surface area contributed by atoms with E-state index in [9.17, 15) is 4.79 Å². The van der Waals surface area contributed by atoms with Crippen molar-refractivity contribution >= 4 is 5.91 Å². The van der Waals surface area contributed by atoms with E-state index in [2.05, 4.69) is 6.92 Å². The normalized spacial score (nSPS) is 12.8. The Morgan fingerprint density at radius 3 is 2.38 bits per heavy atom. The van der Waals surface area contributed by atoms with Gasteiger partial charge in [-0.25, -0.2) is 0 Å². The smallest absolute Gasteiger partial charge is 0.220 e. The van der Waals surface area contributed by atoms with Crippen LogP contribution in [0.4, 0.5) is 0 Å². The van der Waals surface area contributed by atoms with Crippen molar-refractivity contribution in [2.75, 3.05) is 6.54 Å². The molecule has 0 heterocycles. The van der Waals surface area contributed by atoms with Crippen molar-refractivity contribution in [1.82, 2.24) is 0 Å². The van der Waals surface area contributed by atoms with Crippen LogP contribution in [0.5, 0.6) is 0 Å². The van der Waals surface area contributed by atoms with Gasteiger partial charge in [0.15, 0.2) is 0 Å². The van der Waals surface area contributed by atoms with Gasteiger partial charge < -0.3 is 11.5 Å². The zero-order chi connectivity index (χ0) is 10.1. The van der Waals surface area contributed by atoms with E-state index in [1.165, 1.54) is 19.3 Å². The number of amides is 1. The van der Waals surface area contributed by atoms with Gasteiger partial charge in [-0.1, -0.05) is 32.6 Å². The van der Waals surface area contributed by atoms with Gasteiger partial charge in [0.2, 0.25) is 5.91 Å². The highest BCUT2D eigenvalue weighted by Gasteiger charge is 2.12. The molecule has 0 spiro atoms. The van der Waals surface area contributed by atoms with Crippen LogP contribution in [0.1, 0.15) is 45.4 Å². The van der Waals surface area contributed by atoms with Crippen LogP contribution >= 0.6 is 0 Å². The molecule has 78 valence electrons. The van der Waals surface area contributed by atoms with E-state index in [4.69, 9.17) is 11.5 Å². The summed E-state index contributed by atoms with van der Waals surface area (Å²) in [4.78, 5) is 10.9. The molecule has 0 saturated heterocycles. The topological polar surface area (TPSA) is 69.1 Å². The van der Waals surface area contributed by atoms with Crippen molar-refractivity contribution in [3.8, 4) is 0 Å². The lowest BCUT2D eigenvalue weighted by Gasteiger charge is -2.11. The van der Waals surface area contributed by atoms with Crippen molar-refractivity contribution < 1.29 is 4.79 Å². The van der Waals surface area contributed by atoms with Gasteiger partial charge in [0.1, 0.15) is 0 Å². The zero-order valence-corrected chi connectivity index (χ0v) is 8.59. The lowest BCUT2D eigenvalue weighted by molar-refractivity contribution is -0.122. The summed E-state index contributed by atoms with van der Waals surface area (Å²) < 4.78 is 0. The number of nitrogens with two attached hydrogens (primary N) is 2. The van der Waals surface area contributed by atoms with Gasteiger partial charge in [-0.2, -0.15) is 0 Å². The van der Waals surface area contributed by atoms with Crippen LogP contribution < -0.4 is 11.5 Å². The Morgan fingerprint density at radius 2 is 1.92 bits per heavy atom. The quantitative estimate of drug-likeness (QED) is 0.563. The molecular weight excluding hydrogens is 164 g/mol. The molecule has 0 bridgehead atoms. The van der Waals surface area contributed by atoms with Crippen molar-refractivity contribution in [2.24, 2.45) is 17.4 Å². The van der Waals surface area contributed by atoms with E-state index in [0.717, 1.165) is 19.3 Å². The molecule has 0 fully saturated rings. The molecular formula is C10H22N2O. The van der Waals surface area contributed by atoms with Gasteiger partial charge in [-0.05, 0) is 19.4 Å². The lowest BCUT2D eigenvalue weighted by Crippen LogP contribution is -2.25. The third kappa shape index (κ3) is 6.58. The summed E-state index contributed by atoms with van der Waals surface area (Å²) in [5.74, 6) is -0.191. The fraction of sp³-hybridized carbons (Fsp3) is 0.900. The van der Waals surface area contributed by atoms with Crippen molar-refractivity contribution in [1.29, 1.82) is 0 Å². The van der Waals surface area contributed by atoms with Gasteiger partial charge in [-0.15, -0.1) is 0 Å². The molecule has 1 atom stereocenters. The first-order valence-corrected chi connectivity index (χ1v) is 5.21.